The SMILES string of the molecule is C[C@H]([C@H](Cl)c1cccc(C(F)(F)F)c1)N(C)CCCl. The molecule has 1 rings (SSSR count). The molecule has 0 heterocycles. The van der Waals surface area contributed by atoms with Crippen LogP contribution in [-0.2, 0) is 6.18 Å². The number of rotatable bonds is 5. The lowest BCUT2D eigenvalue weighted by molar-refractivity contribution is -0.137. The van der Waals surface area contributed by atoms with Gasteiger partial charge in [-0.05, 0) is 25.6 Å². The van der Waals surface area contributed by atoms with E-state index in [1.54, 1.807) is 6.07 Å². The zero-order valence-electron chi connectivity index (χ0n) is 10.7. The number of hydrogen-bond donors (Lipinski definition) is 0. The highest BCUT2D eigenvalue weighted by Crippen LogP contribution is 2.33. The molecule has 0 amide bonds. The molecule has 0 unspecified atom stereocenters. The molecule has 0 saturated carbocycles. The van der Waals surface area contributed by atoms with Gasteiger partial charge in [0.25, 0.3) is 0 Å². The summed E-state index contributed by atoms with van der Waals surface area (Å²) in [4.78, 5) is 1.92. The maximum absolute atomic E-state index is 12.6. The van der Waals surface area contributed by atoms with Crippen molar-refractivity contribution in [2.24, 2.45) is 0 Å². The maximum atomic E-state index is 12.6. The second-order valence-electron chi connectivity index (χ2n) is 4.44. The van der Waals surface area contributed by atoms with E-state index in [1.807, 2.05) is 18.9 Å². The van der Waals surface area contributed by atoms with Crippen molar-refractivity contribution in [2.75, 3.05) is 19.5 Å². The third kappa shape index (κ3) is 4.55. The van der Waals surface area contributed by atoms with Crippen LogP contribution in [0, 0.1) is 0 Å². The van der Waals surface area contributed by atoms with Crippen LogP contribution in [0.5, 0.6) is 0 Å². The van der Waals surface area contributed by atoms with Gasteiger partial charge in [0, 0.05) is 18.5 Å². The van der Waals surface area contributed by atoms with Gasteiger partial charge < -0.3 is 4.90 Å². The predicted molar refractivity (Wildman–Crippen MR) is 72.9 cm³/mol. The van der Waals surface area contributed by atoms with Crippen molar-refractivity contribution in [3.8, 4) is 0 Å². The van der Waals surface area contributed by atoms with Crippen LogP contribution in [0.2, 0.25) is 0 Å². The van der Waals surface area contributed by atoms with E-state index in [0.29, 0.717) is 18.0 Å². The summed E-state index contributed by atoms with van der Waals surface area (Å²) >= 11 is 11.9. The molecule has 0 spiro atoms. The van der Waals surface area contributed by atoms with Crippen molar-refractivity contribution >= 4 is 23.2 Å². The molecule has 0 bridgehead atoms. The van der Waals surface area contributed by atoms with E-state index in [9.17, 15) is 13.2 Å². The second kappa shape index (κ2) is 6.82. The Labute approximate surface area is 121 Å². The van der Waals surface area contributed by atoms with Gasteiger partial charge in [-0.3, -0.25) is 0 Å². The molecule has 1 aromatic carbocycles. The minimum atomic E-state index is -4.35. The molecule has 0 N–H and O–H groups in total. The Morgan fingerprint density at radius 1 is 1.32 bits per heavy atom. The number of hydrogen-bond acceptors (Lipinski definition) is 1. The molecule has 0 aliphatic heterocycles. The van der Waals surface area contributed by atoms with Gasteiger partial charge in [0.15, 0.2) is 0 Å². The van der Waals surface area contributed by atoms with Crippen LogP contribution in [-0.4, -0.2) is 30.4 Å². The van der Waals surface area contributed by atoms with Crippen molar-refractivity contribution in [3.05, 3.63) is 35.4 Å². The van der Waals surface area contributed by atoms with Gasteiger partial charge >= 0.3 is 6.18 Å². The zero-order chi connectivity index (χ0) is 14.6. The number of likely N-dealkylation sites (N-methyl/N-ethyl adjacent to an activating group) is 1. The normalized spacial score (nSPS) is 15.6. The summed E-state index contributed by atoms with van der Waals surface area (Å²) in [6.07, 6.45) is -4.35. The molecule has 0 aromatic heterocycles. The first-order valence-corrected chi connectivity index (χ1v) is 6.82. The number of alkyl halides is 5. The molecule has 0 aliphatic carbocycles. The summed E-state index contributed by atoms with van der Waals surface area (Å²) in [5.74, 6) is 0.451. The Morgan fingerprint density at radius 3 is 2.47 bits per heavy atom. The van der Waals surface area contributed by atoms with E-state index < -0.39 is 17.1 Å². The van der Waals surface area contributed by atoms with E-state index in [2.05, 4.69) is 0 Å². The Kier molecular flexibility index (Phi) is 5.96. The van der Waals surface area contributed by atoms with Crippen molar-refractivity contribution in [3.63, 3.8) is 0 Å². The minimum Gasteiger partial charge on any atom is -0.301 e. The largest absolute Gasteiger partial charge is 0.416 e. The quantitative estimate of drug-likeness (QED) is 0.721. The molecule has 6 heteroatoms. The first-order valence-electron chi connectivity index (χ1n) is 5.84. The van der Waals surface area contributed by atoms with Crippen LogP contribution in [0.25, 0.3) is 0 Å². The second-order valence-corrected chi connectivity index (χ2v) is 5.28. The van der Waals surface area contributed by atoms with Crippen LogP contribution in [0.15, 0.2) is 24.3 Å². The molecule has 19 heavy (non-hydrogen) atoms. The zero-order valence-corrected chi connectivity index (χ0v) is 12.2. The summed E-state index contributed by atoms with van der Waals surface area (Å²) in [6.45, 7) is 2.50. The number of nitrogens with zero attached hydrogens (tertiary/aromatic N) is 1. The van der Waals surface area contributed by atoms with Crippen LogP contribution < -0.4 is 0 Å². The van der Waals surface area contributed by atoms with Crippen LogP contribution in [0.3, 0.4) is 0 Å². The highest BCUT2D eigenvalue weighted by Gasteiger charge is 2.31. The first-order chi connectivity index (χ1) is 8.77. The van der Waals surface area contributed by atoms with Gasteiger partial charge in [-0.25, -0.2) is 0 Å². The van der Waals surface area contributed by atoms with Crippen LogP contribution in [0.1, 0.15) is 23.4 Å². The molecule has 1 nitrogen and oxygen atoms in total. The molecule has 1 aromatic rings. The number of halogens is 5. The minimum absolute atomic E-state index is 0.107. The Balaban J connectivity index is 2.91. The summed E-state index contributed by atoms with van der Waals surface area (Å²) in [5.41, 5.74) is -0.215. The topological polar surface area (TPSA) is 3.24 Å². The van der Waals surface area contributed by atoms with E-state index in [0.717, 1.165) is 12.1 Å². The van der Waals surface area contributed by atoms with E-state index in [1.165, 1.54) is 6.07 Å². The molecule has 0 aliphatic rings. The Hall–Kier alpha value is -0.450. The smallest absolute Gasteiger partial charge is 0.301 e. The molecule has 108 valence electrons. The third-order valence-corrected chi connectivity index (χ3v) is 3.87. The van der Waals surface area contributed by atoms with E-state index >= 15 is 0 Å². The summed E-state index contributed by atoms with van der Waals surface area (Å²) in [7, 11) is 1.84. The van der Waals surface area contributed by atoms with Crippen molar-refractivity contribution in [2.45, 2.75) is 24.5 Å². The Bertz CT molecular complexity index is 409. The van der Waals surface area contributed by atoms with E-state index in [4.69, 9.17) is 23.2 Å². The van der Waals surface area contributed by atoms with Gasteiger partial charge in [0.1, 0.15) is 0 Å². The van der Waals surface area contributed by atoms with Gasteiger partial charge in [0.05, 0.1) is 10.9 Å². The van der Waals surface area contributed by atoms with Gasteiger partial charge in [-0.2, -0.15) is 13.2 Å². The Morgan fingerprint density at radius 2 is 1.95 bits per heavy atom. The summed E-state index contributed by atoms with van der Waals surface area (Å²) in [5, 5.41) is -0.518. The molecular formula is C13H16Cl2F3N. The fraction of sp³-hybridized carbons (Fsp3) is 0.538. The molecule has 0 saturated heterocycles. The van der Waals surface area contributed by atoms with Crippen molar-refractivity contribution in [1.29, 1.82) is 0 Å². The molecule has 2 atom stereocenters. The average molecular weight is 314 g/mol. The molecular weight excluding hydrogens is 298 g/mol. The highest BCUT2D eigenvalue weighted by atomic mass is 35.5. The summed E-state index contributed by atoms with van der Waals surface area (Å²) in [6, 6.07) is 5.02. The lowest BCUT2D eigenvalue weighted by atomic mass is 10.0. The van der Waals surface area contributed by atoms with Crippen LogP contribution in [0.4, 0.5) is 13.2 Å². The maximum Gasteiger partial charge on any atom is 0.416 e. The highest BCUT2D eigenvalue weighted by molar-refractivity contribution is 6.21. The van der Waals surface area contributed by atoms with Crippen LogP contribution >= 0.6 is 23.2 Å². The van der Waals surface area contributed by atoms with E-state index in [-0.39, 0.29) is 6.04 Å². The van der Waals surface area contributed by atoms with Crippen molar-refractivity contribution < 1.29 is 13.2 Å². The number of benzene rings is 1. The predicted octanol–water partition coefficient (Wildman–Crippen LogP) is 4.54. The van der Waals surface area contributed by atoms with Gasteiger partial charge in [-0.1, -0.05) is 18.2 Å². The standard InChI is InChI=1S/C13H16Cl2F3N/c1-9(19(2)7-6-14)12(15)10-4-3-5-11(8-10)13(16,17)18/h3-5,8-9,12H,6-7H2,1-2H3/t9-,12+/m1/s1. The first kappa shape index (κ1) is 16.6. The lowest BCUT2D eigenvalue weighted by Crippen LogP contribution is -2.34. The third-order valence-electron chi connectivity index (χ3n) is 3.09. The van der Waals surface area contributed by atoms with Gasteiger partial charge in [0.2, 0.25) is 0 Å². The lowest BCUT2D eigenvalue weighted by Gasteiger charge is -2.28. The van der Waals surface area contributed by atoms with Gasteiger partial charge in [-0.15, -0.1) is 23.2 Å². The molecule has 0 fully saturated rings. The fourth-order valence-corrected chi connectivity index (χ4v) is 2.32. The summed E-state index contributed by atoms with van der Waals surface area (Å²) < 4.78 is 37.9. The van der Waals surface area contributed by atoms with Crippen molar-refractivity contribution in [1.82, 2.24) is 4.90 Å². The fourth-order valence-electron chi connectivity index (χ4n) is 1.73. The molecule has 0 radical (unpaired) electrons. The monoisotopic (exact) mass is 313 g/mol. The average Bonchev–Trinajstić information content (AvgIpc) is 2.36.